The van der Waals surface area contributed by atoms with E-state index in [9.17, 15) is 9.59 Å². The lowest BCUT2D eigenvalue weighted by molar-refractivity contribution is -0.120. The number of aryl methyl sites for hydroxylation is 2. The topological polar surface area (TPSA) is 49.4 Å². The Balaban J connectivity index is 1.77. The van der Waals surface area contributed by atoms with Crippen LogP contribution in [0.3, 0.4) is 0 Å². The molecule has 0 fully saturated rings. The first-order valence-corrected chi connectivity index (χ1v) is 11.1. The summed E-state index contributed by atoms with van der Waals surface area (Å²) in [4.78, 5) is 29.1. The van der Waals surface area contributed by atoms with Crippen molar-refractivity contribution in [3.63, 3.8) is 0 Å². The molecule has 3 aromatic carbocycles. The van der Waals surface area contributed by atoms with Crippen molar-refractivity contribution < 1.29 is 9.59 Å². The van der Waals surface area contributed by atoms with Gasteiger partial charge in [-0.25, -0.2) is 4.90 Å². The van der Waals surface area contributed by atoms with Crippen molar-refractivity contribution in [1.82, 2.24) is 0 Å². The number of anilines is 2. The van der Waals surface area contributed by atoms with Crippen LogP contribution in [0, 0.1) is 13.8 Å². The van der Waals surface area contributed by atoms with E-state index in [0.717, 1.165) is 26.6 Å². The van der Waals surface area contributed by atoms with Gasteiger partial charge in [0.2, 0.25) is 0 Å². The smallest absolute Gasteiger partial charge is 0.283 e. The fourth-order valence-corrected chi connectivity index (χ4v) is 4.51. The molecule has 0 bridgehead atoms. The van der Waals surface area contributed by atoms with Crippen LogP contribution in [-0.2, 0) is 9.59 Å². The maximum absolute atomic E-state index is 13.4. The van der Waals surface area contributed by atoms with E-state index in [2.05, 4.69) is 5.32 Å². The Hall–Kier alpha value is -2.73. The van der Waals surface area contributed by atoms with Gasteiger partial charge in [-0.2, -0.15) is 0 Å². The summed E-state index contributed by atoms with van der Waals surface area (Å²) in [6, 6.07) is 20.0. The fourth-order valence-electron chi connectivity index (χ4n) is 3.27. The van der Waals surface area contributed by atoms with Crippen LogP contribution in [0.5, 0.6) is 0 Å². The number of thioether (sulfide) groups is 1. The minimum Gasteiger partial charge on any atom is -0.350 e. The molecule has 2 amide bonds. The van der Waals surface area contributed by atoms with Crippen LogP contribution in [0.2, 0.25) is 10.0 Å². The third-order valence-corrected chi connectivity index (χ3v) is 6.64. The number of benzene rings is 3. The summed E-state index contributed by atoms with van der Waals surface area (Å²) in [5, 5.41) is 3.82. The number of nitrogens with one attached hydrogen (secondary N) is 1. The summed E-state index contributed by atoms with van der Waals surface area (Å²) in [7, 11) is 0. The molecule has 7 heteroatoms. The highest BCUT2D eigenvalue weighted by atomic mass is 35.5. The lowest BCUT2D eigenvalue weighted by atomic mass is 10.1. The minimum atomic E-state index is -0.443. The van der Waals surface area contributed by atoms with Crippen LogP contribution in [0.25, 0.3) is 0 Å². The van der Waals surface area contributed by atoms with Crippen LogP contribution < -0.4 is 10.2 Å². The lowest BCUT2D eigenvalue weighted by Crippen LogP contribution is -2.32. The molecule has 0 aliphatic carbocycles. The van der Waals surface area contributed by atoms with Crippen LogP contribution in [0.15, 0.2) is 82.2 Å². The maximum atomic E-state index is 13.4. The molecule has 4 rings (SSSR count). The first-order valence-electron chi connectivity index (χ1n) is 9.50. The Morgan fingerprint density at radius 3 is 2.26 bits per heavy atom. The average Bonchev–Trinajstić information content (AvgIpc) is 2.97. The molecule has 0 atom stereocenters. The third-order valence-electron chi connectivity index (χ3n) is 4.81. The zero-order valence-corrected chi connectivity index (χ0v) is 19.1. The molecule has 1 aliphatic rings. The Morgan fingerprint density at radius 1 is 0.839 bits per heavy atom. The molecular weight excluding hydrogens is 451 g/mol. The Bertz CT molecular complexity index is 1230. The molecule has 0 spiro atoms. The largest absolute Gasteiger partial charge is 0.350 e. The van der Waals surface area contributed by atoms with E-state index in [1.165, 1.54) is 17.8 Å². The van der Waals surface area contributed by atoms with Gasteiger partial charge < -0.3 is 5.32 Å². The minimum absolute atomic E-state index is 0.233. The van der Waals surface area contributed by atoms with Gasteiger partial charge in [0.25, 0.3) is 11.8 Å². The summed E-state index contributed by atoms with van der Waals surface area (Å²) < 4.78 is 0. The van der Waals surface area contributed by atoms with Gasteiger partial charge in [0.1, 0.15) is 10.6 Å². The molecule has 0 saturated heterocycles. The number of amides is 2. The molecule has 4 nitrogen and oxygen atoms in total. The molecule has 1 aliphatic heterocycles. The summed E-state index contributed by atoms with van der Waals surface area (Å²) in [5.74, 6) is -0.855. The van der Waals surface area contributed by atoms with E-state index >= 15 is 0 Å². The van der Waals surface area contributed by atoms with Gasteiger partial charge in [-0.05, 0) is 55.8 Å². The van der Waals surface area contributed by atoms with Gasteiger partial charge in [-0.15, -0.1) is 0 Å². The second-order valence-corrected chi connectivity index (χ2v) is 9.00. The molecule has 0 saturated carbocycles. The second-order valence-electron chi connectivity index (χ2n) is 7.11. The molecule has 1 heterocycles. The van der Waals surface area contributed by atoms with Gasteiger partial charge in [0.15, 0.2) is 0 Å². The predicted molar refractivity (Wildman–Crippen MR) is 128 cm³/mol. The first-order chi connectivity index (χ1) is 14.8. The normalized spacial score (nSPS) is 13.9. The molecule has 0 aromatic heterocycles. The molecular formula is C24H18Cl2N2O2S. The third kappa shape index (κ3) is 4.35. The number of rotatable bonds is 5. The molecule has 0 radical (unpaired) electrons. The van der Waals surface area contributed by atoms with E-state index in [0.29, 0.717) is 15.6 Å². The SMILES string of the molecule is Cc1ccc(NC2=C(Sc3ccccc3)C(=O)N(c3ccc(Cl)c(Cl)c3)C2=O)c(C)c1. The molecule has 3 aromatic rings. The monoisotopic (exact) mass is 468 g/mol. The summed E-state index contributed by atoms with van der Waals surface area (Å²) in [5.41, 5.74) is 3.46. The van der Waals surface area contributed by atoms with E-state index in [1.54, 1.807) is 12.1 Å². The number of hydrogen-bond donors (Lipinski definition) is 1. The van der Waals surface area contributed by atoms with Gasteiger partial charge in [-0.1, -0.05) is 70.9 Å². The van der Waals surface area contributed by atoms with Gasteiger partial charge in [0.05, 0.1) is 15.7 Å². The van der Waals surface area contributed by atoms with Gasteiger partial charge in [-0.3, -0.25) is 9.59 Å². The molecule has 1 N–H and O–H groups in total. The lowest BCUT2D eigenvalue weighted by Gasteiger charge is -2.16. The highest BCUT2D eigenvalue weighted by molar-refractivity contribution is 8.04. The number of halogens is 2. The quantitative estimate of drug-likeness (QED) is 0.428. The summed E-state index contributed by atoms with van der Waals surface area (Å²) >= 11 is 13.4. The predicted octanol–water partition coefficient (Wildman–Crippen LogP) is 6.60. The fraction of sp³-hybridized carbons (Fsp3) is 0.0833. The number of carbonyl (C=O) groups is 2. The van der Waals surface area contributed by atoms with Crippen molar-refractivity contribution in [2.75, 3.05) is 10.2 Å². The van der Waals surface area contributed by atoms with E-state index in [-0.39, 0.29) is 10.7 Å². The molecule has 156 valence electrons. The Morgan fingerprint density at radius 2 is 1.58 bits per heavy atom. The van der Waals surface area contributed by atoms with Crippen molar-refractivity contribution >= 4 is 58.2 Å². The Kier molecular flexibility index (Phi) is 6.10. The zero-order valence-electron chi connectivity index (χ0n) is 16.8. The number of carbonyl (C=O) groups excluding carboxylic acids is 2. The first kappa shape index (κ1) is 21.5. The van der Waals surface area contributed by atoms with Crippen molar-refractivity contribution in [3.05, 3.63) is 98.5 Å². The van der Waals surface area contributed by atoms with Crippen molar-refractivity contribution in [2.24, 2.45) is 0 Å². The van der Waals surface area contributed by atoms with Gasteiger partial charge in [0, 0.05) is 10.6 Å². The number of nitrogens with zero attached hydrogens (tertiary/aromatic N) is 1. The summed E-state index contributed by atoms with van der Waals surface area (Å²) in [6.07, 6.45) is 0. The summed E-state index contributed by atoms with van der Waals surface area (Å²) in [6.45, 7) is 3.96. The molecule has 31 heavy (non-hydrogen) atoms. The van der Waals surface area contributed by atoms with Crippen molar-refractivity contribution in [1.29, 1.82) is 0 Å². The number of imide groups is 1. The average molecular weight is 469 g/mol. The van der Waals surface area contributed by atoms with Crippen molar-refractivity contribution in [2.45, 2.75) is 18.7 Å². The van der Waals surface area contributed by atoms with Crippen LogP contribution >= 0.6 is 35.0 Å². The molecule has 0 unspecified atom stereocenters. The van der Waals surface area contributed by atoms with E-state index < -0.39 is 11.8 Å². The zero-order chi connectivity index (χ0) is 22.1. The van der Waals surface area contributed by atoms with E-state index in [4.69, 9.17) is 23.2 Å². The standard InChI is InChI=1S/C24H18Cl2N2O2S/c1-14-8-11-20(15(2)12-14)27-21-22(31-17-6-4-3-5-7-17)24(30)28(23(21)29)16-9-10-18(25)19(26)13-16/h3-13,27H,1-2H3. The van der Waals surface area contributed by atoms with E-state index in [1.807, 2.05) is 62.4 Å². The van der Waals surface area contributed by atoms with Crippen molar-refractivity contribution in [3.8, 4) is 0 Å². The highest BCUT2D eigenvalue weighted by Gasteiger charge is 2.40. The van der Waals surface area contributed by atoms with Crippen LogP contribution in [0.1, 0.15) is 11.1 Å². The maximum Gasteiger partial charge on any atom is 0.283 e. The number of hydrogen-bond acceptors (Lipinski definition) is 4. The Labute approximate surface area is 194 Å². The van der Waals surface area contributed by atoms with Crippen LogP contribution in [-0.4, -0.2) is 11.8 Å². The highest BCUT2D eigenvalue weighted by Crippen LogP contribution is 2.39. The second kappa shape index (κ2) is 8.79. The van der Waals surface area contributed by atoms with Gasteiger partial charge >= 0.3 is 0 Å². The van der Waals surface area contributed by atoms with Crippen LogP contribution in [0.4, 0.5) is 11.4 Å².